The molecule has 1 aromatic rings. The van der Waals surface area contributed by atoms with E-state index in [1.54, 1.807) is 6.92 Å². The molecule has 3 N–H and O–H groups in total. The van der Waals surface area contributed by atoms with Crippen LogP contribution in [0.2, 0.25) is 0 Å². The van der Waals surface area contributed by atoms with Crippen LogP contribution >= 0.6 is 0 Å². The lowest BCUT2D eigenvalue weighted by molar-refractivity contribution is -0.137. The lowest BCUT2D eigenvalue weighted by Crippen LogP contribution is -2.34. The Labute approximate surface area is 116 Å². The topological polar surface area (TPSA) is 47.3 Å². The second kappa shape index (κ2) is 5.71. The van der Waals surface area contributed by atoms with E-state index >= 15 is 0 Å². The molecule has 0 radical (unpaired) electrons. The Bertz CT molecular complexity index is 476. The molecule has 6 heteroatoms. The average molecular weight is 288 g/mol. The molecule has 0 aliphatic carbocycles. The Hall–Kier alpha value is -1.11. The Morgan fingerprint density at radius 3 is 2.55 bits per heavy atom. The number of nitrogens with one attached hydrogen (secondary N) is 1. The number of hydrazine groups is 1. The van der Waals surface area contributed by atoms with Crippen molar-refractivity contribution in [1.82, 2.24) is 5.43 Å². The molecule has 3 atom stereocenters. The third kappa shape index (κ3) is 3.13. The van der Waals surface area contributed by atoms with E-state index in [-0.39, 0.29) is 18.1 Å². The van der Waals surface area contributed by atoms with Crippen molar-refractivity contribution in [3.05, 3.63) is 34.9 Å². The number of benzene rings is 1. The average Bonchev–Trinajstić information content (AvgIpc) is 2.77. The molecule has 0 saturated carbocycles. The summed E-state index contributed by atoms with van der Waals surface area (Å²) >= 11 is 0. The molecule has 1 aliphatic rings. The van der Waals surface area contributed by atoms with Gasteiger partial charge in [0.05, 0.1) is 24.3 Å². The zero-order valence-electron chi connectivity index (χ0n) is 11.5. The van der Waals surface area contributed by atoms with E-state index in [1.807, 2.05) is 6.92 Å². The summed E-state index contributed by atoms with van der Waals surface area (Å²) in [4.78, 5) is 0. The molecule has 0 bridgehead atoms. The summed E-state index contributed by atoms with van der Waals surface area (Å²) in [5.74, 6) is 5.77. The van der Waals surface area contributed by atoms with Gasteiger partial charge in [0.1, 0.15) is 0 Å². The Kier molecular flexibility index (Phi) is 4.36. The summed E-state index contributed by atoms with van der Waals surface area (Å²) in [6.07, 6.45) is -3.32. The van der Waals surface area contributed by atoms with Crippen LogP contribution in [0.3, 0.4) is 0 Å². The summed E-state index contributed by atoms with van der Waals surface area (Å²) in [5, 5.41) is 0. The highest BCUT2D eigenvalue weighted by molar-refractivity contribution is 5.35. The molecule has 112 valence electrons. The number of rotatable bonds is 3. The van der Waals surface area contributed by atoms with E-state index in [2.05, 4.69) is 5.43 Å². The van der Waals surface area contributed by atoms with Crippen LogP contribution in [0.15, 0.2) is 18.2 Å². The minimum atomic E-state index is -4.32. The third-order valence-electron chi connectivity index (χ3n) is 3.81. The lowest BCUT2D eigenvalue weighted by Gasteiger charge is -2.24. The molecular formula is C14H19F3N2O. The fourth-order valence-electron chi connectivity index (χ4n) is 2.76. The molecule has 1 aromatic carbocycles. The van der Waals surface area contributed by atoms with E-state index in [9.17, 15) is 13.2 Å². The van der Waals surface area contributed by atoms with Gasteiger partial charge in [-0.25, -0.2) is 0 Å². The monoisotopic (exact) mass is 288 g/mol. The normalized spacial score (nSPS) is 24.9. The Morgan fingerprint density at radius 2 is 2.10 bits per heavy atom. The summed E-state index contributed by atoms with van der Waals surface area (Å²) in [6.45, 7) is 4.22. The van der Waals surface area contributed by atoms with Crippen LogP contribution in [-0.2, 0) is 10.9 Å². The molecule has 0 aromatic heterocycles. The van der Waals surface area contributed by atoms with Crippen molar-refractivity contribution in [1.29, 1.82) is 0 Å². The zero-order valence-corrected chi connectivity index (χ0v) is 11.5. The highest BCUT2D eigenvalue weighted by Crippen LogP contribution is 2.35. The molecule has 3 nitrogen and oxygen atoms in total. The van der Waals surface area contributed by atoms with Gasteiger partial charge in [0.25, 0.3) is 0 Å². The van der Waals surface area contributed by atoms with E-state index in [4.69, 9.17) is 10.6 Å². The number of hydrogen-bond acceptors (Lipinski definition) is 3. The SMILES string of the molecule is Cc1cc(C(F)(F)F)ccc1C(NN)C1COC(C)C1. The predicted molar refractivity (Wildman–Crippen MR) is 69.8 cm³/mol. The van der Waals surface area contributed by atoms with Crippen molar-refractivity contribution >= 4 is 0 Å². The Morgan fingerprint density at radius 1 is 1.40 bits per heavy atom. The maximum absolute atomic E-state index is 12.7. The number of alkyl halides is 3. The van der Waals surface area contributed by atoms with E-state index in [0.717, 1.165) is 18.1 Å². The van der Waals surface area contributed by atoms with Gasteiger partial charge in [0.15, 0.2) is 0 Å². The van der Waals surface area contributed by atoms with Gasteiger partial charge in [-0.3, -0.25) is 11.3 Å². The van der Waals surface area contributed by atoms with Crippen molar-refractivity contribution < 1.29 is 17.9 Å². The fraction of sp³-hybridized carbons (Fsp3) is 0.571. The van der Waals surface area contributed by atoms with Crippen LogP contribution in [0, 0.1) is 12.8 Å². The second-order valence-electron chi connectivity index (χ2n) is 5.35. The largest absolute Gasteiger partial charge is 0.416 e. The minimum absolute atomic E-state index is 0.158. The van der Waals surface area contributed by atoms with Gasteiger partial charge in [-0.2, -0.15) is 13.2 Å². The maximum atomic E-state index is 12.7. The molecule has 20 heavy (non-hydrogen) atoms. The standard InChI is InChI=1S/C14H19F3N2O/c1-8-5-11(14(15,16)17)3-4-12(8)13(19-18)10-6-9(2)20-7-10/h3-5,9-10,13,19H,6-7,18H2,1-2H3. The van der Waals surface area contributed by atoms with Crippen molar-refractivity contribution in [3.8, 4) is 0 Å². The number of ether oxygens (including phenoxy) is 1. The van der Waals surface area contributed by atoms with Crippen LogP contribution in [0.4, 0.5) is 13.2 Å². The molecule has 1 heterocycles. The smallest absolute Gasteiger partial charge is 0.378 e. The summed E-state index contributed by atoms with van der Waals surface area (Å²) in [6, 6.07) is 3.58. The highest BCUT2D eigenvalue weighted by Gasteiger charge is 2.33. The molecule has 1 aliphatic heterocycles. The third-order valence-corrected chi connectivity index (χ3v) is 3.81. The summed E-state index contributed by atoms with van der Waals surface area (Å²) < 4.78 is 43.5. The highest BCUT2D eigenvalue weighted by atomic mass is 19.4. The first kappa shape index (κ1) is 15.3. The zero-order chi connectivity index (χ0) is 14.9. The van der Waals surface area contributed by atoms with Gasteiger partial charge >= 0.3 is 6.18 Å². The molecule has 3 unspecified atom stereocenters. The first-order chi connectivity index (χ1) is 9.32. The van der Waals surface area contributed by atoms with Crippen LogP contribution in [0.25, 0.3) is 0 Å². The van der Waals surface area contributed by atoms with Gasteiger partial charge in [-0.15, -0.1) is 0 Å². The molecule has 1 fully saturated rings. The minimum Gasteiger partial charge on any atom is -0.378 e. The summed E-state index contributed by atoms with van der Waals surface area (Å²) in [7, 11) is 0. The van der Waals surface area contributed by atoms with E-state index < -0.39 is 11.7 Å². The summed E-state index contributed by atoms with van der Waals surface area (Å²) in [5.41, 5.74) is 3.47. The number of aryl methyl sites for hydroxylation is 1. The van der Waals surface area contributed by atoms with Gasteiger partial charge < -0.3 is 4.74 Å². The quantitative estimate of drug-likeness (QED) is 0.664. The molecule has 0 amide bonds. The molecule has 2 rings (SSSR count). The van der Waals surface area contributed by atoms with Crippen LogP contribution in [0.5, 0.6) is 0 Å². The van der Waals surface area contributed by atoms with Gasteiger partial charge in [0.2, 0.25) is 0 Å². The fourth-order valence-corrected chi connectivity index (χ4v) is 2.76. The molecule has 1 saturated heterocycles. The molecular weight excluding hydrogens is 269 g/mol. The lowest BCUT2D eigenvalue weighted by atomic mass is 9.88. The van der Waals surface area contributed by atoms with Crippen molar-refractivity contribution in [3.63, 3.8) is 0 Å². The number of hydrogen-bond donors (Lipinski definition) is 2. The van der Waals surface area contributed by atoms with Crippen molar-refractivity contribution in [2.75, 3.05) is 6.61 Å². The number of halogens is 3. The van der Waals surface area contributed by atoms with Crippen LogP contribution < -0.4 is 11.3 Å². The van der Waals surface area contributed by atoms with Gasteiger partial charge in [-0.05, 0) is 43.5 Å². The molecule has 0 spiro atoms. The first-order valence-corrected chi connectivity index (χ1v) is 6.58. The van der Waals surface area contributed by atoms with E-state index in [1.165, 1.54) is 12.1 Å². The first-order valence-electron chi connectivity index (χ1n) is 6.58. The Balaban J connectivity index is 2.27. The van der Waals surface area contributed by atoms with Gasteiger partial charge in [0, 0.05) is 5.92 Å². The van der Waals surface area contributed by atoms with Gasteiger partial charge in [-0.1, -0.05) is 6.07 Å². The van der Waals surface area contributed by atoms with Crippen LogP contribution in [0.1, 0.15) is 36.1 Å². The maximum Gasteiger partial charge on any atom is 0.416 e. The predicted octanol–water partition coefficient (Wildman–Crippen LogP) is 2.94. The number of nitrogens with two attached hydrogens (primary N) is 1. The van der Waals surface area contributed by atoms with E-state index in [0.29, 0.717) is 12.2 Å². The van der Waals surface area contributed by atoms with Crippen LogP contribution in [-0.4, -0.2) is 12.7 Å². The second-order valence-corrected chi connectivity index (χ2v) is 5.35. The van der Waals surface area contributed by atoms with Crippen molar-refractivity contribution in [2.24, 2.45) is 11.8 Å². The van der Waals surface area contributed by atoms with Crippen molar-refractivity contribution in [2.45, 2.75) is 38.6 Å².